The van der Waals surface area contributed by atoms with E-state index >= 15 is 0 Å². The minimum Gasteiger partial charge on any atom is -0.497 e. The van der Waals surface area contributed by atoms with E-state index in [2.05, 4.69) is 11.9 Å². The van der Waals surface area contributed by atoms with Gasteiger partial charge < -0.3 is 18.6 Å². The molecule has 0 saturated heterocycles. The number of hydrogen-bond acceptors (Lipinski definition) is 4. The lowest BCUT2D eigenvalue weighted by Crippen LogP contribution is -2.32. The van der Waals surface area contributed by atoms with Crippen LogP contribution in [-0.4, -0.2) is 34.0 Å². The second-order valence-corrected chi connectivity index (χ2v) is 6.10. The van der Waals surface area contributed by atoms with E-state index < -0.39 is 0 Å². The Bertz CT molecular complexity index is 895. The van der Waals surface area contributed by atoms with Crippen molar-refractivity contribution in [3.8, 4) is 5.75 Å². The van der Waals surface area contributed by atoms with Crippen LogP contribution in [-0.2, 0) is 13.6 Å². The van der Waals surface area contributed by atoms with Crippen LogP contribution >= 0.6 is 0 Å². The summed E-state index contributed by atoms with van der Waals surface area (Å²) in [5.41, 5.74) is 1.51. The van der Waals surface area contributed by atoms with Gasteiger partial charge in [-0.1, -0.05) is 6.92 Å². The van der Waals surface area contributed by atoms with Crippen LogP contribution in [0.1, 0.15) is 35.3 Å². The Labute approximate surface area is 147 Å². The molecule has 25 heavy (non-hydrogen) atoms. The van der Waals surface area contributed by atoms with E-state index in [-0.39, 0.29) is 5.91 Å². The van der Waals surface area contributed by atoms with Gasteiger partial charge in [-0.3, -0.25) is 4.79 Å². The predicted octanol–water partition coefficient (Wildman–Crippen LogP) is 3.54. The summed E-state index contributed by atoms with van der Waals surface area (Å²) >= 11 is 0. The first-order valence-electron chi connectivity index (χ1n) is 8.37. The number of benzene rings is 1. The van der Waals surface area contributed by atoms with E-state index in [9.17, 15) is 4.79 Å². The number of aryl methyl sites for hydroxylation is 2. The molecule has 0 atom stereocenters. The van der Waals surface area contributed by atoms with Gasteiger partial charge in [-0.2, -0.15) is 0 Å². The first kappa shape index (κ1) is 17.1. The molecule has 3 rings (SSSR count). The van der Waals surface area contributed by atoms with Crippen LogP contribution in [0.4, 0.5) is 0 Å². The van der Waals surface area contributed by atoms with Crippen molar-refractivity contribution in [1.82, 2.24) is 14.5 Å². The van der Waals surface area contributed by atoms with Crippen molar-refractivity contribution in [1.29, 1.82) is 0 Å². The molecule has 1 amide bonds. The minimum absolute atomic E-state index is 0.113. The average Bonchev–Trinajstić information content (AvgIpc) is 3.17. The summed E-state index contributed by atoms with van der Waals surface area (Å²) in [6, 6.07) is 5.60. The molecule has 0 radical (unpaired) electrons. The summed E-state index contributed by atoms with van der Waals surface area (Å²) in [4.78, 5) is 19.2. The van der Waals surface area contributed by atoms with Crippen LogP contribution in [0, 0.1) is 6.92 Å². The lowest BCUT2D eigenvalue weighted by atomic mass is 10.1. The fourth-order valence-corrected chi connectivity index (χ4v) is 2.92. The van der Waals surface area contributed by atoms with Gasteiger partial charge in [-0.05, 0) is 25.5 Å². The Morgan fingerprint density at radius 2 is 2.20 bits per heavy atom. The molecule has 0 bridgehead atoms. The smallest absolute Gasteiger partial charge is 0.290 e. The molecule has 132 valence electrons. The van der Waals surface area contributed by atoms with Crippen LogP contribution in [0.15, 0.2) is 35.0 Å². The third-order valence-corrected chi connectivity index (χ3v) is 4.37. The van der Waals surface area contributed by atoms with Crippen molar-refractivity contribution >= 4 is 16.9 Å². The van der Waals surface area contributed by atoms with Gasteiger partial charge in [0.1, 0.15) is 17.2 Å². The van der Waals surface area contributed by atoms with Crippen molar-refractivity contribution in [2.75, 3.05) is 13.7 Å². The molecule has 0 aliphatic carbocycles. The fourth-order valence-electron chi connectivity index (χ4n) is 2.92. The van der Waals surface area contributed by atoms with Crippen LogP contribution in [0.3, 0.4) is 0 Å². The van der Waals surface area contributed by atoms with Crippen molar-refractivity contribution in [2.45, 2.75) is 26.8 Å². The highest BCUT2D eigenvalue weighted by Gasteiger charge is 2.24. The van der Waals surface area contributed by atoms with Crippen LogP contribution in [0.2, 0.25) is 0 Å². The molecule has 2 aromatic heterocycles. The number of carbonyl (C=O) groups excluding carboxylic acids is 1. The summed E-state index contributed by atoms with van der Waals surface area (Å²) in [7, 11) is 3.54. The number of aromatic nitrogens is 2. The van der Waals surface area contributed by atoms with E-state index in [4.69, 9.17) is 9.15 Å². The van der Waals surface area contributed by atoms with Gasteiger partial charge in [0.25, 0.3) is 5.91 Å². The second-order valence-electron chi connectivity index (χ2n) is 6.10. The summed E-state index contributed by atoms with van der Waals surface area (Å²) in [5, 5.41) is 0.928. The average molecular weight is 341 g/mol. The van der Waals surface area contributed by atoms with Crippen LogP contribution < -0.4 is 4.74 Å². The van der Waals surface area contributed by atoms with Crippen LogP contribution in [0.5, 0.6) is 5.75 Å². The number of rotatable bonds is 6. The Balaban J connectivity index is 1.95. The van der Waals surface area contributed by atoms with Crippen LogP contribution in [0.25, 0.3) is 11.0 Å². The van der Waals surface area contributed by atoms with E-state index in [0.717, 1.165) is 23.2 Å². The summed E-state index contributed by atoms with van der Waals surface area (Å²) in [5.74, 6) is 1.82. The molecule has 3 aromatic rings. The van der Waals surface area contributed by atoms with Gasteiger partial charge in [-0.15, -0.1) is 0 Å². The SMILES string of the molecule is CCCN(Cc1nccn1C)C(=O)c1oc2cc(OC)ccc2c1C. The van der Waals surface area contributed by atoms with E-state index in [0.29, 0.717) is 30.2 Å². The molecule has 1 aromatic carbocycles. The van der Waals surface area contributed by atoms with Gasteiger partial charge in [0.15, 0.2) is 5.76 Å². The Morgan fingerprint density at radius 3 is 2.84 bits per heavy atom. The first-order valence-corrected chi connectivity index (χ1v) is 8.37. The molecule has 0 aliphatic heterocycles. The molecule has 6 nitrogen and oxygen atoms in total. The highest BCUT2D eigenvalue weighted by atomic mass is 16.5. The lowest BCUT2D eigenvalue weighted by Gasteiger charge is -2.21. The van der Waals surface area contributed by atoms with E-state index in [1.54, 1.807) is 18.2 Å². The molecular weight excluding hydrogens is 318 g/mol. The van der Waals surface area contributed by atoms with E-state index in [1.807, 2.05) is 42.9 Å². The first-order chi connectivity index (χ1) is 12.0. The highest BCUT2D eigenvalue weighted by Crippen LogP contribution is 2.29. The molecule has 0 aliphatic rings. The number of amides is 1. The van der Waals surface area contributed by atoms with Crippen molar-refractivity contribution in [2.24, 2.45) is 7.05 Å². The summed E-state index contributed by atoms with van der Waals surface area (Å²) in [6.45, 7) is 5.06. The van der Waals surface area contributed by atoms with Gasteiger partial charge in [0.05, 0.1) is 13.7 Å². The number of methoxy groups -OCH3 is 1. The maximum Gasteiger partial charge on any atom is 0.290 e. The number of furan rings is 1. The highest BCUT2D eigenvalue weighted by molar-refractivity contribution is 5.99. The second kappa shape index (κ2) is 7.01. The number of carbonyl (C=O) groups is 1. The van der Waals surface area contributed by atoms with Crippen molar-refractivity contribution in [3.63, 3.8) is 0 Å². The summed E-state index contributed by atoms with van der Waals surface area (Å²) in [6.07, 6.45) is 4.48. The zero-order valence-electron chi connectivity index (χ0n) is 15.1. The fraction of sp³-hybridized carbons (Fsp3) is 0.368. The van der Waals surface area contributed by atoms with Gasteiger partial charge in [0, 0.05) is 43.0 Å². The Hall–Kier alpha value is -2.76. The Morgan fingerprint density at radius 1 is 1.40 bits per heavy atom. The monoisotopic (exact) mass is 341 g/mol. The number of fused-ring (bicyclic) bond motifs is 1. The number of ether oxygens (including phenoxy) is 1. The number of hydrogen-bond donors (Lipinski definition) is 0. The molecule has 0 saturated carbocycles. The summed E-state index contributed by atoms with van der Waals surface area (Å²) < 4.78 is 13.0. The zero-order chi connectivity index (χ0) is 18.0. The maximum atomic E-state index is 13.1. The number of imidazole rings is 1. The largest absolute Gasteiger partial charge is 0.497 e. The normalized spacial score (nSPS) is 11.0. The zero-order valence-corrected chi connectivity index (χ0v) is 15.1. The third-order valence-electron chi connectivity index (χ3n) is 4.37. The third kappa shape index (κ3) is 3.24. The molecule has 0 spiro atoms. The minimum atomic E-state index is -0.113. The molecule has 0 fully saturated rings. The molecule has 2 heterocycles. The number of nitrogens with zero attached hydrogens (tertiary/aromatic N) is 3. The standard InChI is InChI=1S/C19H23N3O3/c1-5-9-22(12-17-20-8-10-21(17)3)19(23)18-13(2)15-7-6-14(24-4)11-16(15)25-18/h6-8,10-11H,5,9,12H2,1-4H3. The molecule has 0 unspecified atom stereocenters. The lowest BCUT2D eigenvalue weighted by molar-refractivity contribution is 0.0706. The maximum absolute atomic E-state index is 13.1. The molecule has 0 N–H and O–H groups in total. The molecular formula is C19H23N3O3. The predicted molar refractivity (Wildman–Crippen MR) is 95.7 cm³/mol. The Kier molecular flexibility index (Phi) is 4.79. The van der Waals surface area contributed by atoms with E-state index in [1.165, 1.54) is 0 Å². The van der Waals surface area contributed by atoms with Gasteiger partial charge >= 0.3 is 0 Å². The van der Waals surface area contributed by atoms with Crippen molar-refractivity contribution < 1.29 is 13.9 Å². The van der Waals surface area contributed by atoms with Crippen molar-refractivity contribution in [3.05, 3.63) is 47.7 Å². The van der Waals surface area contributed by atoms with Gasteiger partial charge in [0.2, 0.25) is 0 Å². The molecule has 6 heteroatoms. The quantitative estimate of drug-likeness (QED) is 0.688. The van der Waals surface area contributed by atoms with Gasteiger partial charge in [-0.25, -0.2) is 4.98 Å². The topological polar surface area (TPSA) is 60.5 Å².